The molecular weight excluding hydrogens is 424 g/mol. The van der Waals surface area contributed by atoms with Gasteiger partial charge in [-0.05, 0) is 42.0 Å². The smallest absolute Gasteiger partial charge is 0.337 e. The van der Waals surface area contributed by atoms with Crippen molar-refractivity contribution in [3.63, 3.8) is 0 Å². The second kappa shape index (κ2) is 9.39. The number of hydrogen-bond acceptors (Lipinski definition) is 7. The number of esters is 1. The predicted molar refractivity (Wildman–Crippen MR) is 120 cm³/mol. The van der Waals surface area contributed by atoms with Crippen LogP contribution in [0.4, 0.5) is 0 Å². The van der Waals surface area contributed by atoms with Crippen LogP contribution in [0.3, 0.4) is 0 Å². The minimum Gasteiger partial charge on any atom is -0.493 e. The number of ether oxygens (including phenoxy) is 3. The van der Waals surface area contributed by atoms with Crippen molar-refractivity contribution in [2.45, 2.75) is 6.54 Å². The van der Waals surface area contributed by atoms with E-state index in [0.29, 0.717) is 22.7 Å². The SMILES string of the molecule is COC(=O)c1ccc(CNC(=O)c2cc3nccc(-c4ccc(OC)c(OC)c4)n3n2)cc1. The Labute approximate surface area is 189 Å². The summed E-state index contributed by atoms with van der Waals surface area (Å²) in [6.45, 7) is 0.282. The average molecular weight is 446 g/mol. The van der Waals surface area contributed by atoms with Gasteiger partial charge in [0.2, 0.25) is 0 Å². The number of amides is 1. The predicted octanol–water partition coefficient (Wildman–Crippen LogP) is 3.13. The van der Waals surface area contributed by atoms with E-state index in [9.17, 15) is 9.59 Å². The molecular formula is C24H22N4O5. The summed E-state index contributed by atoms with van der Waals surface area (Å²) in [7, 11) is 4.48. The van der Waals surface area contributed by atoms with Gasteiger partial charge < -0.3 is 19.5 Å². The molecule has 0 saturated heterocycles. The van der Waals surface area contributed by atoms with Gasteiger partial charge in [-0.1, -0.05) is 12.1 Å². The average Bonchev–Trinajstić information content (AvgIpc) is 3.31. The molecule has 0 unspecified atom stereocenters. The van der Waals surface area contributed by atoms with E-state index in [1.807, 2.05) is 24.3 Å². The van der Waals surface area contributed by atoms with Gasteiger partial charge in [0.1, 0.15) is 0 Å². The molecule has 0 saturated carbocycles. The molecule has 2 aromatic heterocycles. The first kappa shape index (κ1) is 21.8. The molecule has 0 bridgehead atoms. The normalized spacial score (nSPS) is 10.6. The number of rotatable bonds is 7. The molecule has 2 aromatic carbocycles. The van der Waals surface area contributed by atoms with E-state index in [-0.39, 0.29) is 18.1 Å². The van der Waals surface area contributed by atoms with Crippen molar-refractivity contribution in [3.8, 4) is 22.8 Å². The highest BCUT2D eigenvalue weighted by atomic mass is 16.5. The van der Waals surface area contributed by atoms with Crippen molar-refractivity contribution in [1.29, 1.82) is 0 Å². The van der Waals surface area contributed by atoms with Crippen LogP contribution in [0.1, 0.15) is 26.4 Å². The van der Waals surface area contributed by atoms with E-state index < -0.39 is 5.97 Å². The lowest BCUT2D eigenvalue weighted by atomic mass is 10.1. The second-order valence-electron chi connectivity index (χ2n) is 7.07. The number of nitrogens with zero attached hydrogens (tertiary/aromatic N) is 3. The van der Waals surface area contributed by atoms with Gasteiger partial charge in [0.05, 0.1) is 32.6 Å². The summed E-state index contributed by atoms with van der Waals surface area (Å²) >= 11 is 0. The Hall–Kier alpha value is -4.40. The molecule has 0 spiro atoms. The molecule has 2 heterocycles. The minimum atomic E-state index is -0.409. The van der Waals surface area contributed by atoms with E-state index in [0.717, 1.165) is 16.8 Å². The van der Waals surface area contributed by atoms with Crippen molar-refractivity contribution >= 4 is 17.5 Å². The molecule has 1 N–H and O–H groups in total. The van der Waals surface area contributed by atoms with Crippen LogP contribution in [0.5, 0.6) is 11.5 Å². The number of aromatic nitrogens is 3. The Balaban J connectivity index is 1.55. The van der Waals surface area contributed by atoms with Gasteiger partial charge >= 0.3 is 5.97 Å². The van der Waals surface area contributed by atoms with Gasteiger partial charge in [-0.2, -0.15) is 5.10 Å². The van der Waals surface area contributed by atoms with Gasteiger partial charge in [-0.25, -0.2) is 14.3 Å². The van der Waals surface area contributed by atoms with Gasteiger partial charge in [-0.15, -0.1) is 0 Å². The number of carbonyl (C=O) groups excluding carboxylic acids is 2. The zero-order valence-corrected chi connectivity index (χ0v) is 18.4. The third kappa shape index (κ3) is 4.47. The molecule has 0 atom stereocenters. The number of fused-ring (bicyclic) bond motifs is 1. The summed E-state index contributed by atoms with van der Waals surface area (Å²) in [5.41, 5.74) is 3.64. The highest BCUT2D eigenvalue weighted by Crippen LogP contribution is 2.32. The van der Waals surface area contributed by atoms with E-state index in [2.05, 4.69) is 20.1 Å². The molecule has 0 aliphatic rings. The molecule has 9 nitrogen and oxygen atoms in total. The zero-order valence-electron chi connectivity index (χ0n) is 18.4. The van der Waals surface area contributed by atoms with Crippen molar-refractivity contribution in [3.05, 3.63) is 77.6 Å². The van der Waals surface area contributed by atoms with Crippen molar-refractivity contribution in [2.75, 3.05) is 21.3 Å². The molecule has 0 fully saturated rings. The van der Waals surface area contributed by atoms with E-state index in [1.54, 1.807) is 55.3 Å². The maximum atomic E-state index is 12.7. The summed E-state index contributed by atoms with van der Waals surface area (Å²) in [6.07, 6.45) is 1.66. The monoisotopic (exact) mass is 446 g/mol. The van der Waals surface area contributed by atoms with Crippen LogP contribution >= 0.6 is 0 Å². The number of nitrogens with one attached hydrogen (secondary N) is 1. The second-order valence-corrected chi connectivity index (χ2v) is 7.07. The summed E-state index contributed by atoms with van der Waals surface area (Å²) in [4.78, 5) is 28.6. The van der Waals surface area contributed by atoms with Crippen LogP contribution in [-0.2, 0) is 11.3 Å². The highest BCUT2D eigenvalue weighted by Gasteiger charge is 2.15. The fourth-order valence-corrected chi connectivity index (χ4v) is 3.37. The molecule has 0 aliphatic heterocycles. The summed E-state index contributed by atoms with van der Waals surface area (Å²) in [5, 5.41) is 7.29. The maximum Gasteiger partial charge on any atom is 0.337 e. The van der Waals surface area contributed by atoms with Crippen molar-refractivity contribution < 1.29 is 23.8 Å². The number of methoxy groups -OCH3 is 3. The molecule has 4 aromatic rings. The summed E-state index contributed by atoms with van der Waals surface area (Å²) < 4.78 is 17.0. The lowest BCUT2D eigenvalue weighted by Gasteiger charge is -2.10. The number of carbonyl (C=O) groups is 2. The Kier molecular flexibility index (Phi) is 6.21. The molecule has 4 rings (SSSR count). The van der Waals surface area contributed by atoms with Gasteiger partial charge in [0, 0.05) is 24.4 Å². The Morgan fingerprint density at radius 3 is 2.39 bits per heavy atom. The van der Waals surface area contributed by atoms with Crippen LogP contribution in [0.2, 0.25) is 0 Å². The van der Waals surface area contributed by atoms with Crippen LogP contribution < -0.4 is 14.8 Å². The van der Waals surface area contributed by atoms with Crippen molar-refractivity contribution in [1.82, 2.24) is 19.9 Å². The van der Waals surface area contributed by atoms with Crippen molar-refractivity contribution in [2.24, 2.45) is 0 Å². The number of benzene rings is 2. The first-order chi connectivity index (χ1) is 16.0. The summed E-state index contributed by atoms with van der Waals surface area (Å²) in [6, 6.07) is 15.8. The quantitative estimate of drug-likeness (QED) is 0.435. The molecule has 0 aliphatic carbocycles. The lowest BCUT2D eigenvalue weighted by Crippen LogP contribution is -2.23. The standard InChI is InChI=1S/C24H22N4O5/c1-31-20-9-8-17(12-21(20)32-2)19-10-11-25-22-13-18(27-28(19)22)23(29)26-14-15-4-6-16(7-5-15)24(30)33-3/h4-13H,14H2,1-3H3,(H,26,29). The Morgan fingerprint density at radius 1 is 0.939 bits per heavy atom. The van der Waals surface area contributed by atoms with Crippen LogP contribution in [0.15, 0.2) is 60.8 Å². The highest BCUT2D eigenvalue weighted by molar-refractivity contribution is 5.93. The van der Waals surface area contributed by atoms with Crippen LogP contribution in [0, 0.1) is 0 Å². The molecule has 1 amide bonds. The first-order valence-electron chi connectivity index (χ1n) is 10.1. The molecule has 0 radical (unpaired) electrons. The summed E-state index contributed by atoms with van der Waals surface area (Å²) in [5.74, 6) is 0.457. The van der Waals surface area contributed by atoms with Gasteiger partial charge in [0.15, 0.2) is 22.8 Å². The molecule has 9 heteroatoms. The number of hydrogen-bond donors (Lipinski definition) is 1. The van der Waals surface area contributed by atoms with E-state index in [1.165, 1.54) is 7.11 Å². The maximum absolute atomic E-state index is 12.7. The molecule has 33 heavy (non-hydrogen) atoms. The van der Waals surface area contributed by atoms with Crippen LogP contribution in [-0.4, -0.2) is 47.8 Å². The first-order valence-corrected chi connectivity index (χ1v) is 10.1. The van der Waals surface area contributed by atoms with E-state index in [4.69, 9.17) is 9.47 Å². The molecule has 168 valence electrons. The Morgan fingerprint density at radius 2 is 1.70 bits per heavy atom. The minimum absolute atomic E-state index is 0.238. The third-order valence-corrected chi connectivity index (χ3v) is 5.10. The third-order valence-electron chi connectivity index (χ3n) is 5.10. The van der Waals surface area contributed by atoms with Gasteiger partial charge in [-0.3, -0.25) is 4.79 Å². The largest absolute Gasteiger partial charge is 0.493 e. The van der Waals surface area contributed by atoms with Crippen LogP contribution in [0.25, 0.3) is 16.9 Å². The fourth-order valence-electron chi connectivity index (χ4n) is 3.37. The Bertz CT molecular complexity index is 1310. The zero-order chi connectivity index (χ0) is 23.4. The van der Waals surface area contributed by atoms with E-state index >= 15 is 0 Å². The topological polar surface area (TPSA) is 104 Å². The van der Waals surface area contributed by atoms with Gasteiger partial charge in [0.25, 0.3) is 5.91 Å². The fraction of sp³-hybridized carbons (Fsp3) is 0.167. The lowest BCUT2D eigenvalue weighted by molar-refractivity contribution is 0.0600.